The number of likely N-dealkylation sites (N-methyl/N-ethyl adjacent to an activating group) is 1. The van der Waals surface area contributed by atoms with Crippen molar-refractivity contribution in [2.75, 3.05) is 47.4 Å². The molecule has 0 radical (unpaired) electrons. The minimum absolute atomic E-state index is 0.0962. The van der Waals surface area contributed by atoms with Crippen molar-refractivity contribution in [2.24, 2.45) is 0 Å². The SMILES string of the molecule is COc1ccc2c(c1OC)CCN(CCCN(C)CCc1ccc(C)s1)C2=O. The van der Waals surface area contributed by atoms with E-state index in [1.165, 1.54) is 9.75 Å². The van der Waals surface area contributed by atoms with Crippen LogP contribution in [0.15, 0.2) is 24.3 Å². The summed E-state index contributed by atoms with van der Waals surface area (Å²) in [6.45, 7) is 5.71. The lowest BCUT2D eigenvalue weighted by Gasteiger charge is -2.30. The Morgan fingerprint density at radius 2 is 1.96 bits per heavy atom. The first kappa shape index (κ1) is 20.7. The lowest BCUT2D eigenvalue weighted by atomic mass is 9.97. The minimum Gasteiger partial charge on any atom is -0.493 e. The highest BCUT2D eigenvalue weighted by atomic mass is 32.1. The Morgan fingerprint density at radius 1 is 1.14 bits per heavy atom. The second-order valence-corrected chi connectivity index (χ2v) is 8.66. The number of aryl methyl sites for hydroxylation is 1. The van der Waals surface area contributed by atoms with Gasteiger partial charge in [0, 0.05) is 40.5 Å². The fraction of sp³-hybridized carbons (Fsp3) is 0.500. The van der Waals surface area contributed by atoms with Crippen molar-refractivity contribution in [3.8, 4) is 11.5 Å². The number of fused-ring (bicyclic) bond motifs is 1. The number of nitrogens with zero attached hydrogens (tertiary/aromatic N) is 2. The topological polar surface area (TPSA) is 42.0 Å². The summed E-state index contributed by atoms with van der Waals surface area (Å²) in [5.74, 6) is 1.47. The molecule has 6 heteroatoms. The first-order valence-corrected chi connectivity index (χ1v) is 10.6. The third kappa shape index (κ3) is 4.67. The van der Waals surface area contributed by atoms with Crippen LogP contribution in [0.3, 0.4) is 0 Å². The molecule has 1 amide bonds. The molecule has 0 bridgehead atoms. The van der Waals surface area contributed by atoms with Crippen molar-refractivity contribution in [3.63, 3.8) is 0 Å². The average Bonchev–Trinajstić information content (AvgIpc) is 3.12. The predicted octanol–water partition coefficient (Wildman–Crippen LogP) is 3.64. The number of benzene rings is 1. The molecule has 1 aliphatic rings. The van der Waals surface area contributed by atoms with E-state index in [0.717, 1.165) is 56.6 Å². The molecule has 0 spiro atoms. The Hall–Kier alpha value is -2.05. The molecule has 1 aromatic carbocycles. The van der Waals surface area contributed by atoms with Gasteiger partial charge in [-0.05, 0) is 64.0 Å². The zero-order valence-corrected chi connectivity index (χ0v) is 18.1. The van der Waals surface area contributed by atoms with Gasteiger partial charge in [-0.1, -0.05) is 0 Å². The second-order valence-electron chi connectivity index (χ2n) is 7.29. The molecule has 28 heavy (non-hydrogen) atoms. The van der Waals surface area contributed by atoms with Crippen molar-refractivity contribution < 1.29 is 14.3 Å². The Kier molecular flexibility index (Phi) is 6.97. The Balaban J connectivity index is 1.50. The fourth-order valence-corrected chi connectivity index (χ4v) is 4.61. The summed E-state index contributed by atoms with van der Waals surface area (Å²) < 4.78 is 10.9. The molecule has 0 unspecified atom stereocenters. The van der Waals surface area contributed by atoms with Gasteiger partial charge in [0.25, 0.3) is 5.91 Å². The van der Waals surface area contributed by atoms with Crippen molar-refractivity contribution in [3.05, 3.63) is 45.1 Å². The number of carbonyl (C=O) groups excluding carboxylic acids is 1. The highest BCUT2D eigenvalue weighted by Crippen LogP contribution is 2.36. The number of hydrogen-bond acceptors (Lipinski definition) is 5. The van der Waals surface area contributed by atoms with Gasteiger partial charge in [-0.15, -0.1) is 11.3 Å². The number of amides is 1. The number of rotatable bonds is 9. The smallest absolute Gasteiger partial charge is 0.254 e. The van der Waals surface area contributed by atoms with Gasteiger partial charge >= 0.3 is 0 Å². The van der Waals surface area contributed by atoms with E-state index < -0.39 is 0 Å². The molecular formula is C22H30N2O3S. The highest BCUT2D eigenvalue weighted by molar-refractivity contribution is 7.11. The normalized spacial score (nSPS) is 13.8. The molecule has 3 rings (SSSR count). The van der Waals surface area contributed by atoms with Gasteiger partial charge in [-0.3, -0.25) is 4.79 Å². The fourth-order valence-electron chi connectivity index (χ4n) is 3.74. The van der Waals surface area contributed by atoms with Crippen molar-refractivity contribution in [1.29, 1.82) is 0 Å². The Bertz CT molecular complexity index is 818. The van der Waals surface area contributed by atoms with E-state index in [0.29, 0.717) is 11.5 Å². The van der Waals surface area contributed by atoms with Crippen LogP contribution in [0.2, 0.25) is 0 Å². The van der Waals surface area contributed by atoms with Crippen LogP contribution in [-0.4, -0.2) is 63.2 Å². The summed E-state index contributed by atoms with van der Waals surface area (Å²) in [7, 11) is 5.41. The Morgan fingerprint density at radius 3 is 2.64 bits per heavy atom. The number of hydrogen-bond donors (Lipinski definition) is 0. The average molecular weight is 403 g/mol. The van der Waals surface area contributed by atoms with Gasteiger partial charge in [0.1, 0.15) is 0 Å². The number of thiophene rings is 1. The van der Waals surface area contributed by atoms with Gasteiger partial charge in [0.05, 0.1) is 14.2 Å². The molecule has 0 fully saturated rings. The summed E-state index contributed by atoms with van der Waals surface area (Å²) in [5.41, 5.74) is 1.71. The molecule has 5 nitrogen and oxygen atoms in total. The summed E-state index contributed by atoms with van der Waals surface area (Å²) in [6, 6.07) is 8.09. The molecule has 0 aliphatic carbocycles. The quantitative estimate of drug-likeness (QED) is 0.642. The molecule has 0 saturated carbocycles. The number of carbonyl (C=O) groups is 1. The van der Waals surface area contributed by atoms with Crippen LogP contribution in [-0.2, 0) is 12.8 Å². The third-order valence-corrected chi connectivity index (χ3v) is 6.36. The summed E-state index contributed by atoms with van der Waals surface area (Å²) in [6.07, 6.45) is 2.87. The van der Waals surface area contributed by atoms with E-state index in [1.54, 1.807) is 14.2 Å². The van der Waals surface area contributed by atoms with Gasteiger partial charge in [-0.25, -0.2) is 0 Å². The molecule has 152 valence electrons. The maximum atomic E-state index is 12.9. The lowest BCUT2D eigenvalue weighted by Crippen LogP contribution is -2.39. The van der Waals surface area contributed by atoms with Crippen LogP contribution in [0.25, 0.3) is 0 Å². The van der Waals surface area contributed by atoms with E-state index in [1.807, 2.05) is 28.4 Å². The van der Waals surface area contributed by atoms with Crippen LogP contribution in [0.1, 0.15) is 32.1 Å². The van der Waals surface area contributed by atoms with Crippen LogP contribution < -0.4 is 9.47 Å². The van der Waals surface area contributed by atoms with Crippen LogP contribution in [0, 0.1) is 6.92 Å². The van der Waals surface area contributed by atoms with Crippen LogP contribution >= 0.6 is 11.3 Å². The maximum absolute atomic E-state index is 12.9. The van der Waals surface area contributed by atoms with E-state index >= 15 is 0 Å². The van der Waals surface area contributed by atoms with E-state index in [2.05, 4.69) is 31.0 Å². The van der Waals surface area contributed by atoms with Crippen LogP contribution in [0.5, 0.6) is 11.5 Å². The summed E-state index contributed by atoms with van der Waals surface area (Å²) >= 11 is 1.88. The molecule has 2 aromatic rings. The van der Waals surface area contributed by atoms with E-state index in [-0.39, 0.29) is 5.91 Å². The summed E-state index contributed by atoms with van der Waals surface area (Å²) in [5, 5.41) is 0. The van der Waals surface area contributed by atoms with Gasteiger partial charge in [-0.2, -0.15) is 0 Å². The number of methoxy groups -OCH3 is 2. The molecule has 0 atom stereocenters. The van der Waals surface area contributed by atoms with E-state index in [9.17, 15) is 4.79 Å². The standard InChI is InChI=1S/C22H30N2O3S/c1-16-6-7-17(28-16)10-14-23(2)12-5-13-24-15-11-18-19(22(24)25)8-9-20(26-3)21(18)27-4/h6-9H,5,10-15H2,1-4H3. The monoisotopic (exact) mass is 402 g/mol. The van der Waals surface area contributed by atoms with Crippen molar-refractivity contribution >= 4 is 17.2 Å². The zero-order chi connectivity index (χ0) is 20.1. The minimum atomic E-state index is 0.0962. The van der Waals surface area contributed by atoms with Crippen molar-refractivity contribution in [1.82, 2.24) is 9.80 Å². The second kappa shape index (κ2) is 9.43. The van der Waals surface area contributed by atoms with E-state index in [4.69, 9.17) is 9.47 Å². The first-order chi connectivity index (χ1) is 13.5. The third-order valence-electron chi connectivity index (χ3n) is 5.30. The predicted molar refractivity (Wildman–Crippen MR) is 114 cm³/mol. The van der Waals surface area contributed by atoms with Crippen molar-refractivity contribution in [2.45, 2.75) is 26.2 Å². The number of ether oxygens (including phenoxy) is 2. The molecule has 1 aromatic heterocycles. The maximum Gasteiger partial charge on any atom is 0.254 e. The highest BCUT2D eigenvalue weighted by Gasteiger charge is 2.28. The molecule has 1 aliphatic heterocycles. The molecule has 0 saturated heterocycles. The molecule has 0 N–H and O–H groups in total. The van der Waals surface area contributed by atoms with Gasteiger partial charge in [0.15, 0.2) is 11.5 Å². The molecular weight excluding hydrogens is 372 g/mol. The zero-order valence-electron chi connectivity index (χ0n) is 17.3. The van der Waals surface area contributed by atoms with Crippen LogP contribution in [0.4, 0.5) is 0 Å². The first-order valence-electron chi connectivity index (χ1n) is 9.80. The Labute approximate surface area is 171 Å². The van der Waals surface area contributed by atoms with Gasteiger partial charge < -0.3 is 19.3 Å². The largest absolute Gasteiger partial charge is 0.493 e. The molecule has 2 heterocycles. The lowest BCUT2D eigenvalue weighted by molar-refractivity contribution is 0.0731. The van der Waals surface area contributed by atoms with Gasteiger partial charge in [0.2, 0.25) is 0 Å². The summed E-state index contributed by atoms with van der Waals surface area (Å²) in [4.78, 5) is 20.0.